The zero-order valence-electron chi connectivity index (χ0n) is 22.5. The van der Waals surface area contributed by atoms with Crippen LogP contribution in [-0.2, 0) is 14.8 Å². The lowest BCUT2D eigenvalue weighted by Gasteiger charge is -2.41. The first kappa shape index (κ1) is 28.8. The molecule has 2 fully saturated rings. The van der Waals surface area contributed by atoms with E-state index in [1.807, 2.05) is 20.8 Å². The van der Waals surface area contributed by atoms with Crippen LogP contribution in [0.15, 0.2) is 26.6 Å². The second kappa shape index (κ2) is 11.1. The molecule has 38 heavy (non-hydrogen) atoms. The van der Waals surface area contributed by atoms with E-state index in [9.17, 15) is 23.1 Å². The second-order valence-corrected chi connectivity index (χ2v) is 12.9. The largest absolute Gasteiger partial charge is 0.504 e. The van der Waals surface area contributed by atoms with Crippen molar-refractivity contribution in [2.45, 2.75) is 89.1 Å². The Kier molecular flexibility index (Phi) is 8.44. The highest BCUT2D eigenvalue weighted by Crippen LogP contribution is 2.40. The van der Waals surface area contributed by atoms with Crippen LogP contribution in [0.3, 0.4) is 0 Å². The summed E-state index contributed by atoms with van der Waals surface area (Å²) in [4.78, 5) is 26.7. The molecule has 0 radical (unpaired) electrons. The first-order chi connectivity index (χ1) is 17.9. The van der Waals surface area contributed by atoms with Gasteiger partial charge < -0.3 is 20.5 Å². The fourth-order valence-electron chi connectivity index (χ4n) is 5.50. The number of hydrogen-bond acceptors (Lipinski definition) is 9. The molecule has 2 saturated heterocycles. The van der Waals surface area contributed by atoms with E-state index in [-0.39, 0.29) is 65.5 Å². The molecule has 0 amide bonds. The van der Waals surface area contributed by atoms with E-state index in [2.05, 4.69) is 29.4 Å². The molecule has 2 unspecified atom stereocenters. The van der Waals surface area contributed by atoms with Gasteiger partial charge in [0.1, 0.15) is 16.3 Å². The summed E-state index contributed by atoms with van der Waals surface area (Å²) in [6, 6.07) is 2.82. The lowest BCUT2D eigenvalue weighted by molar-refractivity contribution is 0.0438. The quantitative estimate of drug-likeness (QED) is 0.308. The van der Waals surface area contributed by atoms with Crippen molar-refractivity contribution in [3.8, 4) is 5.75 Å². The van der Waals surface area contributed by atoms with Gasteiger partial charge in [-0.2, -0.15) is 4.31 Å². The Hall–Kier alpha value is -2.18. The van der Waals surface area contributed by atoms with Gasteiger partial charge in [0.15, 0.2) is 5.75 Å². The third-order valence-electron chi connectivity index (χ3n) is 7.64. The summed E-state index contributed by atoms with van der Waals surface area (Å²) < 4.78 is 34.4. The Balaban J connectivity index is 1.60. The number of anilines is 3. The van der Waals surface area contributed by atoms with Gasteiger partial charge in [0, 0.05) is 31.7 Å². The number of aromatic hydroxyl groups is 1. The van der Waals surface area contributed by atoms with Gasteiger partial charge in [-0.3, -0.25) is 14.5 Å². The van der Waals surface area contributed by atoms with E-state index in [1.54, 1.807) is 0 Å². The van der Waals surface area contributed by atoms with Crippen LogP contribution in [0.25, 0.3) is 0 Å². The van der Waals surface area contributed by atoms with Crippen molar-refractivity contribution in [3.05, 3.63) is 37.6 Å². The summed E-state index contributed by atoms with van der Waals surface area (Å²) in [6.45, 7) is 11.1. The van der Waals surface area contributed by atoms with E-state index in [0.717, 1.165) is 12.8 Å². The van der Waals surface area contributed by atoms with Crippen LogP contribution in [0.4, 0.5) is 17.1 Å². The van der Waals surface area contributed by atoms with Gasteiger partial charge in [0.05, 0.1) is 29.0 Å². The van der Waals surface area contributed by atoms with Gasteiger partial charge in [-0.1, -0.05) is 18.5 Å². The van der Waals surface area contributed by atoms with Crippen molar-refractivity contribution in [2.75, 3.05) is 30.3 Å². The fraction of sp³-hybridized carbons (Fsp3) is 0.615. The Morgan fingerprint density at radius 2 is 1.82 bits per heavy atom. The highest BCUT2D eigenvalue weighted by atomic mass is 35.5. The number of phenolic OH excluding ortho intramolecular Hbond substituents is 1. The molecule has 4 rings (SSSR count). The summed E-state index contributed by atoms with van der Waals surface area (Å²) in [5, 5.41) is 16.9. The second-order valence-electron chi connectivity index (χ2n) is 10.6. The van der Waals surface area contributed by atoms with Gasteiger partial charge in [-0.15, -0.1) is 0 Å². The SMILES string of the molecule is CCC(Nc1c(Nc2ccc(Cl)c(S(=O)(=O)N3CCN(C(C)C)C(C)C3)c2O)c(=O)c1=O)[C@H]1CC[C@@H](C)O1. The maximum absolute atomic E-state index is 13.6. The summed E-state index contributed by atoms with van der Waals surface area (Å²) >= 11 is 6.29. The molecule has 0 bridgehead atoms. The number of ether oxygens (including phenoxy) is 1. The smallest absolute Gasteiger partial charge is 0.253 e. The number of halogens is 1. The van der Waals surface area contributed by atoms with Crippen LogP contribution in [0.2, 0.25) is 5.02 Å². The number of nitrogens with zero attached hydrogens (tertiary/aromatic N) is 2. The highest BCUT2D eigenvalue weighted by molar-refractivity contribution is 7.89. The minimum atomic E-state index is -4.14. The number of rotatable bonds is 9. The van der Waals surface area contributed by atoms with E-state index in [1.165, 1.54) is 16.4 Å². The molecule has 3 N–H and O–H groups in total. The Morgan fingerprint density at radius 1 is 1.13 bits per heavy atom. The van der Waals surface area contributed by atoms with Crippen LogP contribution in [0, 0.1) is 0 Å². The minimum Gasteiger partial charge on any atom is -0.504 e. The maximum Gasteiger partial charge on any atom is 0.253 e. The number of phenols is 1. The summed E-state index contributed by atoms with van der Waals surface area (Å²) in [7, 11) is -4.14. The third kappa shape index (κ3) is 5.31. The first-order valence-corrected chi connectivity index (χ1v) is 15.0. The molecule has 2 aliphatic rings. The average Bonchev–Trinajstić information content (AvgIpc) is 3.30. The normalized spacial score (nSPS) is 24.2. The molecular weight excluding hydrogens is 532 g/mol. The number of piperazine rings is 1. The topological polar surface area (TPSA) is 128 Å². The molecule has 0 saturated carbocycles. The van der Waals surface area contributed by atoms with Gasteiger partial charge in [0.25, 0.3) is 10.9 Å². The zero-order chi connectivity index (χ0) is 27.9. The molecule has 2 aromatic carbocycles. The lowest BCUT2D eigenvalue weighted by atomic mass is 10.0. The fourth-order valence-corrected chi connectivity index (χ4v) is 7.61. The Bertz CT molecular complexity index is 1360. The number of nitrogens with one attached hydrogen (secondary N) is 2. The molecular formula is C26H37ClN4O6S. The standard InChI is InChI=1S/C26H37ClN4O6S/c1-6-18(20-10-7-16(5)37-20)28-21-22(25(34)24(21)33)29-19-9-8-17(27)26(23(19)32)38(35,36)30-11-12-31(14(2)3)15(4)13-30/h8-9,14-16,18,20,28-29,32H,6-7,10-13H2,1-5H3/t15?,16-,18?,20-/m1/s1. The molecule has 10 nitrogen and oxygen atoms in total. The van der Waals surface area contributed by atoms with E-state index in [4.69, 9.17) is 16.3 Å². The van der Waals surface area contributed by atoms with Gasteiger partial charge in [-0.25, -0.2) is 8.42 Å². The van der Waals surface area contributed by atoms with Crippen molar-refractivity contribution in [1.82, 2.24) is 9.21 Å². The van der Waals surface area contributed by atoms with E-state index in [0.29, 0.717) is 13.0 Å². The van der Waals surface area contributed by atoms with Crippen molar-refractivity contribution in [2.24, 2.45) is 0 Å². The van der Waals surface area contributed by atoms with Gasteiger partial charge in [0.2, 0.25) is 10.0 Å². The molecule has 0 spiro atoms. The minimum absolute atomic E-state index is 0.0171. The number of hydrogen-bond donors (Lipinski definition) is 3. The van der Waals surface area contributed by atoms with Crippen molar-refractivity contribution < 1.29 is 18.3 Å². The molecule has 12 heteroatoms. The molecule has 4 atom stereocenters. The summed E-state index contributed by atoms with van der Waals surface area (Å²) in [5.74, 6) is -0.601. The summed E-state index contributed by atoms with van der Waals surface area (Å²) in [5.41, 5.74) is -1.38. The molecule has 2 aliphatic heterocycles. The predicted octanol–water partition coefficient (Wildman–Crippen LogP) is 3.25. The maximum atomic E-state index is 13.6. The monoisotopic (exact) mass is 568 g/mol. The molecule has 0 aliphatic carbocycles. The van der Waals surface area contributed by atoms with Gasteiger partial charge >= 0.3 is 0 Å². The van der Waals surface area contributed by atoms with Crippen LogP contribution in [0.1, 0.15) is 53.9 Å². The van der Waals surface area contributed by atoms with E-state index < -0.39 is 31.5 Å². The highest BCUT2D eigenvalue weighted by Gasteiger charge is 2.37. The van der Waals surface area contributed by atoms with Crippen LogP contribution >= 0.6 is 11.6 Å². The lowest BCUT2D eigenvalue weighted by Crippen LogP contribution is -2.55. The van der Waals surface area contributed by atoms with E-state index >= 15 is 0 Å². The van der Waals surface area contributed by atoms with Crippen molar-refractivity contribution in [1.29, 1.82) is 0 Å². The Morgan fingerprint density at radius 3 is 2.39 bits per heavy atom. The molecule has 2 aromatic rings. The molecule has 210 valence electrons. The Labute approximate surface area is 228 Å². The first-order valence-electron chi connectivity index (χ1n) is 13.2. The van der Waals surface area contributed by atoms with Gasteiger partial charge in [-0.05, 0) is 59.1 Å². The zero-order valence-corrected chi connectivity index (χ0v) is 24.0. The van der Waals surface area contributed by atoms with Crippen LogP contribution in [0.5, 0.6) is 5.75 Å². The number of benzene rings is 1. The van der Waals surface area contributed by atoms with Crippen molar-refractivity contribution >= 4 is 38.7 Å². The molecule has 2 heterocycles. The van der Waals surface area contributed by atoms with Crippen molar-refractivity contribution in [3.63, 3.8) is 0 Å². The van der Waals surface area contributed by atoms with Crippen LogP contribution in [-0.4, -0.2) is 72.7 Å². The average molecular weight is 569 g/mol. The third-order valence-corrected chi connectivity index (χ3v) is 10.0. The molecule has 0 aromatic heterocycles. The predicted molar refractivity (Wildman–Crippen MR) is 149 cm³/mol. The number of sulfonamides is 1. The summed E-state index contributed by atoms with van der Waals surface area (Å²) in [6.07, 6.45) is 2.47. The van der Waals surface area contributed by atoms with Crippen LogP contribution < -0.4 is 21.5 Å².